The van der Waals surface area contributed by atoms with Gasteiger partial charge in [0.05, 0.1) is 28.1 Å². The normalized spacial score (nSPS) is 10.8. The number of carbonyl (C=O) groups is 1. The number of rotatable bonds is 8. The number of benzene rings is 2. The van der Waals surface area contributed by atoms with Crippen molar-refractivity contribution in [3.05, 3.63) is 77.0 Å². The fourth-order valence-corrected chi connectivity index (χ4v) is 4.31. The maximum Gasteiger partial charge on any atom is 0.234 e. The van der Waals surface area contributed by atoms with Gasteiger partial charge in [0.15, 0.2) is 11.0 Å². The number of halogens is 2. The Bertz CT molecular complexity index is 1230. The molecule has 33 heavy (non-hydrogen) atoms. The Labute approximate surface area is 205 Å². The molecule has 0 fully saturated rings. The minimum absolute atomic E-state index is 0.0903. The third-order valence-electron chi connectivity index (χ3n) is 4.54. The molecule has 168 valence electrons. The van der Waals surface area contributed by atoms with Gasteiger partial charge in [0.2, 0.25) is 5.91 Å². The Morgan fingerprint density at radius 1 is 1.03 bits per heavy atom. The van der Waals surface area contributed by atoms with Gasteiger partial charge in [-0.05, 0) is 55.5 Å². The quantitative estimate of drug-likeness (QED) is 0.310. The van der Waals surface area contributed by atoms with Crippen LogP contribution in [0.1, 0.15) is 6.92 Å². The SMILES string of the molecule is CCOc1ccc(-n2c(SCC(=O)Nc3c(Cl)cccc3Cl)nnc2-c2ccncc2)cc1. The van der Waals surface area contributed by atoms with Crippen molar-refractivity contribution >= 4 is 46.6 Å². The molecule has 10 heteroatoms. The standard InChI is InChI=1S/C23H19Cl2N5O2S/c1-2-32-17-8-6-16(7-9-17)30-22(15-10-12-26-13-11-15)28-29-23(30)33-14-20(31)27-21-18(24)4-3-5-19(21)25/h3-13H,2,14H2,1H3,(H,27,31). The molecule has 0 atom stereocenters. The fourth-order valence-electron chi connectivity index (χ4n) is 3.07. The molecule has 2 aromatic heterocycles. The smallest absolute Gasteiger partial charge is 0.234 e. The van der Waals surface area contributed by atoms with E-state index in [0.29, 0.717) is 33.3 Å². The summed E-state index contributed by atoms with van der Waals surface area (Å²) in [6.45, 7) is 2.52. The van der Waals surface area contributed by atoms with Crippen LogP contribution in [0.2, 0.25) is 10.0 Å². The zero-order valence-corrected chi connectivity index (χ0v) is 19.9. The molecule has 0 aliphatic heterocycles. The fraction of sp³-hybridized carbons (Fsp3) is 0.130. The summed E-state index contributed by atoms with van der Waals surface area (Å²) in [5.41, 5.74) is 2.08. The molecule has 4 rings (SSSR count). The highest BCUT2D eigenvalue weighted by molar-refractivity contribution is 7.99. The molecule has 1 N–H and O–H groups in total. The number of aromatic nitrogens is 4. The molecule has 0 saturated carbocycles. The van der Waals surface area contributed by atoms with Crippen LogP contribution in [0.4, 0.5) is 5.69 Å². The Hall–Kier alpha value is -3.07. The van der Waals surface area contributed by atoms with Gasteiger partial charge < -0.3 is 10.1 Å². The van der Waals surface area contributed by atoms with E-state index in [1.807, 2.05) is 47.9 Å². The van der Waals surface area contributed by atoms with Gasteiger partial charge in [-0.1, -0.05) is 41.0 Å². The summed E-state index contributed by atoms with van der Waals surface area (Å²) in [5, 5.41) is 12.8. The van der Waals surface area contributed by atoms with Crippen molar-refractivity contribution in [1.82, 2.24) is 19.7 Å². The third kappa shape index (κ3) is 5.47. The van der Waals surface area contributed by atoms with Crippen LogP contribution >= 0.6 is 35.0 Å². The number of carbonyl (C=O) groups excluding carboxylic acids is 1. The first-order valence-corrected chi connectivity index (χ1v) is 11.8. The predicted octanol–water partition coefficient (Wildman–Crippen LogP) is 5.77. The monoisotopic (exact) mass is 499 g/mol. The number of thioether (sulfide) groups is 1. The van der Waals surface area contributed by atoms with E-state index in [1.165, 1.54) is 11.8 Å². The molecule has 0 bridgehead atoms. The molecular formula is C23H19Cl2N5O2S. The first kappa shape index (κ1) is 23.1. The van der Waals surface area contributed by atoms with Gasteiger partial charge in [-0.15, -0.1) is 10.2 Å². The second kappa shape index (κ2) is 10.7. The minimum atomic E-state index is -0.262. The molecule has 0 unspecified atom stereocenters. The lowest BCUT2D eigenvalue weighted by Crippen LogP contribution is -2.15. The zero-order valence-electron chi connectivity index (χ0n) is 17.5. The summed E-state index contributed by atoms with van der Waals surface area (Å²) >= 11 is 13.6. The average Bonchev–Trinajstić information content (AvgIpc) is 3.25. The van der Waals surface area contributed by atoms with Crippen LogP contribution in [0.25, 0.3) is 17.1 Å². The first-order chi connectivity index (χ1) is 16.1. The lowest BCUT2D eigenvalue weighted by atomic mass is 10.2. The van der Waals surface area contributed by atoms with Crippen molar-refractivity contribution < 1.29 is 9.53 Å². The van der Waals surface area contributed by atoms with Gasteiger partial charge in [0, 0.05) is 23.6 Å². The molecule has 7 nitrogen and oxygen atoms in total. The van der Waals surface area contributed by atoms with Crippen LogP contribution in [0.3, 0.4) is 0 Å². The zero-order chi connectivity index (χ0) is 23.2. The van der Waals surface area contributed by atoms with Crippen LogP contribution in [0.15, 0.2) is 72.1 Å². The topological polar surface area (TPSA) is 81.9 Å². The van der Waals surface area contributed by atoms with Crippen molar-refractivity contribution in [2.45, 2.75) is 12.1 Å². The van der Waals surface area contributed by atoms with Crippen molar-refractivity contribution in [2.24, 2.45) is 0 Å². The Balaban J connectivity index is 1.60. The van der Waals surface area contributed by atoms with Crippen molar-refractivity contribution in [3.63, 3.8) is 0 Å². The lowest BCUT2D eigenvalue weighted by molar-refractivity contribution is -0.113. The van der Waals surface area contributed by atoms with E-state index < -0.39 is 0 Å². The van der Waals surface area contributed by atoms with Crippen LogP contribution in [-0.2, 0) is 4.79 Å². The molecule has 0 aliphatic rings. The van der Waals surface area contributed by atoms with Crippen molar-refractivity contribution in [3.8, 4) is 22.8 Å². The third-order valence-corrected chi connectivity index (χ3v) is 6.10. The van der Waals surface area contributed by atoms with E-state index in [0.717, 1.165) is 17.0 Å². The predicted molar refractivity (Wildman–Crippen MR) is 132 cm³/mol. The van der Waals surface area contributed by atoms with Crippen LogP contribution in [0, 0.1) is 0 Å². The van der Waals surface area contributed by atoms with Crippen molar-refractivity contribution in [2.75, 3.05) is 17.7 Å². The molecular weight excluding hydrogens is 481 g/mol. The van der Waals surface area contributed by atoms with Crippen LogP contribution in [0.5, 0.6) is 5.75 Å². The number of nitrogens with zero attached hydrogens (tertiary/aromatic N) is 4. The molecule has 0 aliphatic carbocycles. The highest BCUT2D eigenvalue weighted by Gasteiger charge is 2.18. The second-order valence-electron chi connectivity index (χ2n) is 6.74. The Kier molecular flexibility index (Phi) is 7.49. The van der Waals surface area contributed by atoms with E-state index >= 15 is 0 Å². The van der Waals surface area contributed by atoms with E-state index in [9.17, 15) is 4.79 Å². The maximum atomic E-state index is 12.6. The van der Waals surface area contributed by atoms with Gasteiger partial charge in [-0.25, -0.2) is 0 Å². The summed E-state index contributed by atoms with van der Waals surface area (Å²) in [7, 11) is 0. The van der Waals surface area contributed by atoms with E-state index in [-0.39, 0.29) is 11.7 Å². The number of hydrogen-bond donors (Lipinski definition) is 1. The summed E-state index contributed by atoms with van der Waals surface area (Å²) < 4.78 is 7.44. The minimum Gasteiger partial charge on any atom is -0.494 e. The lowest BCUT2D eigenvalue weighted by Gasteiger charge is -2.12. The molecule has 2 heterocycles. The number of hydrogen-bond acceptors (Lipinski definition) is 6. The summed E-state index contributed by atoms with van der Waals surface area (Å²) in [5.74, 6) is 1.23. The number of para-hydroxylation sites is 1. The van der Waals surface area contributed by atoms with E-state index in [2.05, 4.69) is 20.5 Å². The number of anilines is 1. The first-order valence-electron chi connectivity index (χ1n) is 10.0. The molecule has 2 aromatic carbocycles. The van der Waals surface area contributed by atoms with Gasteiger partial charge in [0.1, 0.15) is 5.75 Å². The van der Waals surface area contributed by atoms with Crippen LogP contribution < -0.4 is 10.1 Å². The highest BCUT2D eigenvalue weighted by atomic mass is 35.5. The summed E-state index contributed by atoms with van der Waals surface area (Å²) in [6.07, 6.45) is 3.39. The number of ether oxygens (including phenoxy) is 1. The molecule has 1 amide bonds. The Morgan fingerprint density at radius 2 is 1.73 bits per heavy atom. The molecule has 0 radical (unpaired) electrons. The second-order valence-corrected chi connectivity index (χ2v) is 8.49. The molecule has 0 saturated heterocycles. The molecule has 0 spiro atoms. The van der Waals surface area contributed by atoms with E-state index in [4.69, 9.17) is 27.9 Å². The Morgan fingerprint density at radius 3 is 2.39 bits per heavy atom. The van der Waals surface area contributed by atoms with Crippen molar-refractivity contribution in [1.29, 1.82) is 0 Å². The van der Waals surface area contributed by atoms with Gasteiger partial charge >= 0.3 is 0 Å². The summed E-state index contributed by atoms with van der Waals surface area (Å²) in [6, 6.07) is 16.4. The van der Waals surface area contributed by atoms with Crippen LogP contribution in [-0.4, -0.2) is 38.0 Å². The largest absolute Gasteiger partial charge is 0.494 e. The maximum absolute atomic E-state index is 12.6. The van der Waals surface area contributed by atoms with E-state index in [1.54, 1.807) is 30.6 Å². The number of nitrogens with one attached hydrogen (secondary N) is 1. The molecule has 4 aromatic rings. The number of amides is 1. The average molecular weight is 500 g/mol. The van der Waals surface area contributed by atoms with Gasteiger partial charge in [-0.2, -0.15) is 0 Å². The van der Waals surface area contributed by atoms with Gasteiger partial charge in [0.25, 0.3) is 0 Å². The highest BCUT2D eigenvalue weighted by Crippen LogP contribution is 2.31. The van der Waals surface area contributed by atoms with Gasteiger partial charge in [-0.3, -0.25) is 14.3 Å². The number of pyridine rings is 1. The summed E-state index contributed by atoms with van der Waals surface area (Å²) in [4.78, 5) is 16.7.